The van der Waals surface area contributed by atoms with Crippen LogP contribution in [0.2, 0.25) is 0 Å². The van der Waals surface area contributed by atoms with Crippen molar-refractivity contribution in [3.05, 3.63) is 65.2 Å². The van der Waals surface area contributed by atoms with Gasteiger partial charge in [0, 0.05) is 17.5 Å². The number of amides is 2. The zero-order valence-electron chi connectivity index (χ0n) is 18.3. The Morgan fingerprint density at radius 3 is 2.40 bits per heavy atom. The van der Waals surface area contributed by atoms with Crippen molar-refractivity contribution in [1.29, 1.82) is 0 Å². The first kappa shape index (κ1) is 22.0. The largest absolute Gasteiger partial charge is 0.349 e. The maximum absolute atomic E-state index is 12.6. The van der Waals surface area contributed by atoms with Gasteiger partial charge in [0.1, 0.15) is 6.04 Å². The standard InChI is InChI=1S/C25H33N3O2/c1-4-7-18-10-12-19(13-11-18)24(17(2)3)26-16-23(29)28-22-9-6-5-8-21(22)25(30)27-20-14-15-20/h5-6,8-13,17,20,24,26H,4,7,14-16H2,1-3H3,(H,27,30)(H,28,29)/p+1/t24-/m1/s1. The summed E-state index contributed by atoms with van der Waals surface area (Å²) in [5, 5.41) is 8.00. The van der Waals surface area contributed by atoms with Crippen molar-refractivity contribution in [1.82, 2.24) is 5.32 Å². The molecule has 2 aromatic rings. The molecule has 0 aromatic heterocycles. The van der Waals surface area contributed by atoms with Gasteiger partial charge in [0.15, 0.2) is 6.54 Å². The van der Waals surface area contributed by atoms with E-state index in [1.54, 1.807) is 12.1 Å². The molecule has 0 bridgehead atoms. The lowest BCUT2D eigenvalue weighted by Gasteiger charge is -2.20. The highest BCUT2D eigenvalue weighted by Crippen LogP contribution is 2.22. The number of nitrogens with two attached hydrogens (primary N) is 1. The quantitative estimate of drug-likeness (QED) is 0.563. The van der Waals surface area contributed by atoms with Gasteiger partial charge in [-0.1, -0.05) is 63.6 Å². The molecule has 1 fully saturated rings. The van der Waals surface area contributed by atoms with Crippen LogP contribution in [0.15, 0.2) is 48.5 Å². The molecule has 0 saturated heterocycles. The van der Waals surface area contributed by atoms with Crippen molar-refractivity contribution >= 4 is 17.5 Å². The third-order valence-corrected chi connectivity index (χ3v) is 5.54. The summed E-state index contributed by atoms with van der Waals surface area (Å²) < 4.78 is 0. The van der Waals surface area contributed by atoms with Crippen molar-refractivity contribution in [2.24, 2.45) is 5.92 Å². The first-order valence-electron chi connectivity index (χ1n) is 11.1. The second-order valence-electron chi connectivity index (χ2n) is 8.54. The van der Waals surface area contributed by atoms with Crippen molar-refractivity contribution in [2.45, 2.75) is 58.5 Å². The molecule has 0 aliphatic heterocycles. The van der Waals surface area contributed by atoms with Crippen LogP contribution in [0.3, 0.4) is 0 Å². The van der Waals surface area contributed by atoms with E-state index in [0.29, 0.717) is 23.7 Å². The number of hydrogen-bond acceptors (Lipinski definition) is 2. The fourth-order valence-corrected chi connectivity index (χ4v) is 3.70. The molecule has 0 heterocycles. The van der Waals surface area contributed by atoms with E-state index < -0.39 is 0 Å². The van der Waals surface area contributed by atoms with Crippen LogP contribution < -0.4 is 16.0 Å². The molecule has 2 amide bonds. The van der Waals surface area contributed by atoms with E-state index in [9.17, 15) is 9.59 Å². The van der Waals surface area contributed by atoms with Gasteiger partial charge in [-0.25, -0.2) is 0 Å². The molecule has 1 saturated carbocycles. The van der Waals surface area contributed by atoms with Gasteiger partial charge < -0.3 is 16.0 Å². The van der Waals surface area contributed by atoms with E-state index >= 15 is 0 Å². The van der Waals surface area contributed by atoms with Gasteiger partial charge in [0.2, 0.25) is 0 Å². The average Bonchev–Trinajstić information content (AvgIpc) is 3.53. The minimum Gasteiger partial charge on any atom is -0.349 e. The maximum Gasteiger partial charge on any atom is 0.279 e. The zero-order valence-corrected chi connectivity index (χ0v) is 18.3. The predicted octanol–water partition coefficient (Wildman–Crippen LogP) is 3.43. The van der Waals surface area contributed by atoms with Crippen LogP contribution >= 0.6 is 0 Å². The summed E-state index contributed by atoms with van der Waals surface area (Å²) in [5.74, 6) is 0.172. The molecule has 3 rings (SSSR count). The highest BCUT2D eigenvalue weighted by molar-refractivity contribution is 6.04. The predicted molar refractivity (Wildman–Crippen MR) is 120 cm³/mol. The highest BCUT2D eigenvalue weighted by atomic mass is 16.2. The molecule has 0 unspecified atom stereocenters. The molecule has 5 nitrogen and oxygen atoms in total. The first-order valence-corrected chi connectivity index (χ1v) is 11.1. The highest BCUT2D eigenvalue weighted by Gasteiger charge is 2.25. The monoisotopic (exact) mass is 408 g/mol. The van der Waals surface area contributed by atoms with Gasteiger partial charge in [0.05, 0.1) is 11.3 Å². The molecule has 0 radical (unpaired) electrons. The van der Waals surface area contributed by atoms with E-state index in [1.807, 2.05) is 12.1 Å². The summed E-state index contributed by atoms with van der Waals surface area (Å²) in [6.07, 6.45) is 4.29. The average molecular weight is 409 g/mol. The van der Waals surface area contributed by atoms with Gasteiger partial charge >= 0.3 is 0 Å². The molecule has 2 aromatic carbocycles. The number of benzene rings is 2. The summed E-state index contributed by atoms with van der Waals surface area (Å²) in [5.41, 5.74) is 3.67. The van der Waals surface area contributed by atoms with Gasteiger partial charge in [0.25, 0.3) is 11.8 Å². The lowest BCUT2D eigenvalue weighted by Crippen LogP contribution is -2.88. The number of anilines is 1. The third-order valence-electron chi connectivity index (χ3n) is 5.54. The first-order chi connectivity index (χ1) is 14.5. The Morgan fingerprint density at radius 1 is 1.07 bits per heavy atom. The Labute approximate surface area is 179 Å². The van der Waals surface area contributed by atoms with Crippen LogP contribution in [-0.4, -0.2) is 24.4 Å². The number of carbonyl (C=O) groups excluding carboxylic acids is 2. The van der Waals surface area contributed by atoms with Crippen LogP contribution in [0.5, 0.6) is 0 Å². The molecule has 160 valence electrons. The van der Waals surface area contributed by atoms with Gasteiger partial charge in [-0.2, -0.15) is 0 Å². The number of carbonyl (C=O) groups is 2. The fraction of sp³-hybridized carbons (Fsp3) is 0.440. The lowest BCUT2D eigenvalue weighted by atomic mass is 9.94. The Kier molecular flexibility index (Phi) is 7.63. The number of aryl methyl sites for hydroxylation is 1. The smallest absolute Gasteiger partial charge is 0.279 e. The van der Waals surface area contributed by atoms with E-state index in [1.165, 1.54) is 11.1 Å². The molecular formula is C25H34N3O2+. The topological polar surface area (TPSA) is 74.8 Å². The normalized spacial score (nSPS) is 14.4. The van der Waals surface area contributed by atoms with Gasteiger partial charge in [-0.3, -0.25) is 9.59 Å². The summed E-state index contributed by atoms with van der Waals surface area (Å²) in [6.45, 7) is 6.84. The van der Waals surface area contributed by atoms with Crippen molar-refractivity contribution in [3.63, 3.8) is 0 Å². The Morgan fingerprint density at radius 2 is 1.77 bits per heavy atom. The van der Waals surface area contributed by atoms with E-state index in [0.717, 1.165) is 25.7 Å². The molecule has 0 spiro atoms. The van der Waals surface area contributed by atoms with Crippen LogP contribution in [0, 0.1) is 5.92 Å². The lowest BCUT2D eigenvalue weighted by molar-refractivity contribution is -0.692. The van der Waals surface area contributed by atoms with Crippen LogP contribution in [-0.2, 0) is 11.2 Å². The van der Waals surface area contributed by atoms with Crippen molar-refractivity contribution in [2.75, 3.05) is 11.9 Å². The van der Waals surface area contributed by atoms with Crippen LogP contribution in [0.4, 0.5) is 5.69 Å². The molecule has 1 aliphatic rings. The van der Waals surface area contributed by atoms with Crippen LogP contribution in [0.25, 0.3) is 0 Å². The minimum atomic E-state index is -0.121. The molecule has 4 N–H and O–H groups in total. The number of rotatable bonds is 10. The van der Waals surface area contributed by atoms with Crippen molar-refractivity contribution < 1.29 is 14.9 Å². The number of hydrogen-bond donors (Lipinski definition) is 3. The minimum absolute atomic E-state index is 0.102. The molecule has 30 heavy (non-hydrogen) atoms. The van der Waals surface area contributed by atoms with Gasteiger partial charge in [-0.05, 0) is 37.0 Å². The summed E-state index contributed by atoms with van der Waals surface area (Å²) in [4.78, 5) is 25.1. The molecule has 1 atom stereocenters. The second-order valence-corrected chi connectivity index (χ2v) is 8.54. The molecule has 1 aliphatic carbocycles. The van der Waals surface area contributed by atoms with Crippen molar-refractivity contribution in [3.8, 4) is 0 Å². The van der Waals surface area contributed by atoms with E-state index in [4.69, 9.17) is 0 Å². The molecule has 5 heteroatoms. The Bertz CT molecular complexity index is 857. The third kappa shape index (κ3) is 6.17. The second kappa shape index (κ2) is 10.4. The number of para-hydroxylation sites is 1. The number of nitrogens with one attached hydrogen (secondary N) is 2. The van der Waals surface area contributed by atoms with E-state index in [2.05, 4.69) is 61.0 Å². The summed E-state index contributed by atoms with van der Waals surface area (Å²) in [6, 6.07) is 16.4. The summed E-state index contributed by atoms with van der Waals surface area (Å²) >= 11 is 0. The van der Waals surface area contributed by atoms with Crippen LogP contribution in [0.1, 0.15) is 67.6 Å². The fourth-order valence-electron chi connectivity index (χ4n) is 3.70. The zero-order chi connectivity index (χ0) is 21.5. The van der Waals surface area contributed by atoms with E-state index in [-0.39, 0.29) is 23.9 Å². The summed E-state index contributed by atoms with van der Waals surface area (Å²) in [7, 11) is 0. The maximum atomic E-state index is 12.6. The van der Waals surface area contributed by atoms with Gasteiger partial charge in [-0.15, -0.1) is 0 Å². The Hall–Kier alpha value is -2.66. The SMILES string of the molecule is CCCc1ccc([C@H]([NH2+]CC(=O)Nc2ccccc2C(=O)NC2CC2)C(C)C)cc1. The Balaban J connectivity index is 1.60. The number of quaternary nitrogens is 1. The molecular weight excluding hydrogens is 374 g/mol.